The fourth-order valence-corrected chi connectivity index (χ4v) is 1.01. The van der Waals surface area contributed by atoms with Crippen LogP contribution in [0.5, 0.6) is 0 Å². The lowest BCUT2D eigenvalue weighted by Gasteiger charge is -2.30. The monoisotopic (exact) mass is 216 g/mol. The van der Waals surface area contributed by atoms with Crippen molar-refractivity contribution >= 4 is 6.41 Å². The Hall–Kier alpha value is -0.610. The topological polar surface area (TPSA) is 41.6 Å². The first-order chi connectivity index (χ1) is 6.90. The first-order valence-electron chi connectivity index (χ1n) is 5.37. The molecule has 1 amide bonds. The summed E-state index contributed by atoms with van der Waals surface area (Å²) in [5.41, 5.74) is 0.0417. The Kier molecular flexibility index (Phi) is 6.52. The molecule has 0 aliphatic carbocycles. The molecule has 0 spiro atoms. The van der Waals surface area contributed by atoms with E-state index < -0.39 is 0 Å². The van der Waals surface area contributed by atoms with Gasteiger partial charge in [-0.05, 0) is 27.7 Å². The van der Waals surface area contributed by atoms with E-state index in [1.807, 2.05) is 32.6 Å². The third kappa shape index (κ3) is 7.33. The molecular formula is C11H24N2O2. The van der Waals surface area contributed by atoms with Gasteiger partial charge < -0.3 is 15.0 Å². The molecule has 1 rings (SSSR count). The third-order valence-electron chi connectivity index (χ3n) is 2.30. The van der Waals surface area contributed by atoms with Gasteiger partial charge >= 0.3 is 0 Å². The summed E-state index contributed by atoms with van der Waals surface area (Å²) < 4.78 is 4.94. The molecule has 1 saturated heterocycles. The predicted octanol–water partition coefficient (Wildman–Crippen LogP) is 0.868. The van der Waals surface area contributed by atoms with Crippen molar-refractivity contribution in [2.24, 2.45) is 0 Å². The van der Waals surface area contributed by atoms with E-state index in [1.165, 1.54) is 0 Å². The molecule has 15 heavy (non-hydrogen) atoms. The summed E-state index contributed by atoms with van der Waals surface area (Å²) in [5, 5.41) is 3.20. The van der Waals surface area contributed by atoms with E-state index in [1.54, 1.807) is 7.11 Å². The Morgan fingerprint density at radius 3 is 2.27 bits per heavy atom. The van der Waals surface area contributed by atoms with Gasteiger partial charge in [-0.3, -0.25) is 4.79 Å². The number of nitrogens with one attached hydrogen (secondary N) is 1. The predicted molar refractivity (Wildman–Crippen MR) is 61.9 cm³/mol. The molecule has 4 heteroatoms. The molecule has 90 valence electrons. The summed E-state index contributed by atoms with van der Waals surface area (Å²) in [7, 11) is 1.71. The van der Waals surface area contributed by atoms with Crippen LogP contribution >= 0.6 is 0 Å². The molecule has 1 aliphatic rings. The van der Waals surface area contributed by atoms with Crippen molar-refractivity contribution in [2.45, 2.75) is 39.3 Å². The van der Waals surface area contributed by atoms with Gasteiger partial charge in [0.1, 0.15) is 0 Å². The molecule has 1 aliphatic heterocycles. The van der Waals surface area contributed by atoms with E-state index in [0.29, 0.717) is 6.04 Å². The van der Waals surface area contributed by atoms with Crippen molar-refractivity contribution in [1.29, 1.82) is 0 Å². The van der Waals surface area contributed by atoms with Gasteiger partial charge in [-0.15, -0.1) is 0 Å². The van der Waals surface area contributed by atoms with Gasteiger partial charge in [0.15, 0.2) is 0 Å². The Labute approximate surface area is 93.0 Å². The highest BCUT2D eigenvalue weighted by atomic mass is 16.5. The largest absolute Gasteiger partial charge is 0.379 e. The van der Waals surface area contributed by atoms with Crippen LogP contribution in [-0.2, 0) is 9.53 Å². The highest BCUT2D eigenvalue weighted by molar-refractivity contribution is 5.47. The maximum absolute atomic E-state index is 10.3. The van der Waals surface area contributed by atoms with Gasteiger partial charge in [0, 0.05) is 32.8 Å². The number of carbonyl (C=O) groups excluding carboxylic acids is 1. The minimum atomic E-state index is 0.0417. The summed E-state index contributed by atoms with van der Waals surface area (Å²) >= 11 is 0. The lowest BCUT2D eigenvalue weighted by atomic mass is 10.2. The number of piperazine rings is 1. The van der Waals surface area contributed by atoms with Crippen LogP contribution in [-0.4, -0.2) is 49.7 Å². The van der Waals surface area contributed by atoms with Crippen molar-refractivity contribution in [1.82, 2.24) is 10.2 Å². The molecule has 1 N–H and O–H groups in total. The van der Waals surface area contributed by atoms with Crippen LogP contribution in [0.4, 0.5) is 0 Å². The van der Waals surface area contributed by atoms with Gasteiger partial charge in [-0.1, -0.05) is 0 Å². The average Bonchev–Trinajstić information content (AvgIpc) is 2.18. The van der Waals surface area contributed by atoms with Crippen molar-refractivity contribution in [3.05, 3.63) is 0 Å². The van der Waals surface area contributed by atoms with Gasteiger partial charge in [-0.25, -0.2) is 0 Å². The fourth-order valence-electron chi connectivity index (χ4n) is 1.01. The molecule has 4 nitrogen and oxygen atoms in total. The van der Waals surface area contributed by atoms with Crippen molar-refractivity contribution < 1.29 is 9.53 Å². The van der Waals surface area contributed by atoms with Crippen molar-refractivity contribution in [3.63, 3.8) is 0 Å². The van der Waals surface area contributed by atoms with Crippen LogP contribution < -0.4 is 5.32 Å². The van der Waals surface area contributed by atoms with Crippen LogP contribution in [0.1, 0.15) is 27.7 Å². The number of ether oxygens (including phenoxy) is 1. The zero-order chi connectivity index (χ0) is 11.9. The summed E-state index contributed by atoms with van der Waals surface area (Å²) in [6.07, 6.45) is 0.922. The first-order valence-corrected chi connectivity index (χ1v) is 5.37. The molecule has 0 aromatic heterocycles. The van der Waals surface area contributed by atoms with E-state index >= 15 is 0 Å². The summed E-state index contributed by atoms with van der Waals surface area (Å²) in [6, 6.07) is 0.372. The van der Waals surface area contributed by atoms with E-state index in [9.17, 15) is 4.79 Å². The quantitative estimate of drug-likeness (QED) is 0.661. The molecule has 0 aromatic carbocycles. The normalized spacial score (nSPS) is 21.7. The summed E-state index contributed by atoms with van der Waals surface area (Å²) in [6.45, 7) is 10.8. The van der Waals surface area contributed by atoms with Crippen LogP contribution in [0.15, 0.2) is 0 Å². The molecule has 1 heterocycles. The zero-order valence-corrected chi connectivity index (χ0v) is 10.5. The molecule has 1 unspecified atom stereocenters. The number of methoxy groups -OCH3 is 1. The Balaban J connectivity index is 0.000000288. The van der Waals surface area contributed by atoms with E-state index in [-0.39, 0.29) is 5.60 Å². The SMILES string of the molecule is CC1CNCCN1C=O.COC(C)(C)C. The molecule has 1 atom stereocenters. The lowest BCUT2D eigenvalue weighted by molar-refractivity contribution is -0.120. The second kappa shape index (κ2) is 6.80. The molecular weight excluding hydrogens is 192 g/mol. The first kappa shape index (κ1) is 14.4. The molecule has 0 bridgehead atoms. The standard InChI is InChI=1S/C6H12N2O.C5H12O/c1-6-4-7-2-3-8(6)5-9;1-5(2,3)6-4/h5-7H,2-4H2,1H3;1-4H3. The number of carbonyl (C=O) groups is 1. The maximum atomic E-state index is 10.3. The Morgan fingerprint density at radius 2 is 2.00 bits per heavy atom. The van der Waals surface area contributed by atoms with Crippen LogP contribution in [0.2, 0.25) is 0 Å². The highest BCUT2D eigenvalue weighted by Gasteiger charge is 2.14. The maximum Gasteiger partial charge on any atom is 0.210 e. The third-order valence-corrected chi connectivity index (χ3v) is 2.30. The smallest absolute Gasteiger partial charge is 0.210 e. The Bertz CT molecular complexity index is 178. The van der Waals surface area contributed by atoms with Gasteiger partial charge in [-0.2, -0.15) is 0 Å². The van der Waals surface area contributed by atoms with Crippen LogP contribution in [0.3, 0.4) is 0 Å². The zero-order valence-electron chi connectivity index (χ0n) is 10.5. The minimum Gasteiger partial charge on any atom is -0.379 e. The Morgan fingerprint density at radius 1 is 1.47 bits per heavy atom. The van der Waals surface area contributed by atoms with Crippen LogP contribution in [0.25, 0.3) is 0 Å². The average molecular weight is 216 g/mol. The van der Waals surface area contributed by atoms with Crippen molar-refractivity contribution in [2.75, 3.05) is 26.7 Å². The van der Waals surface area contributed by atoms with Gasteiger partial charge in [0.2, 0.25) is 6.41 Å². The van der Waals surface area contributed by atoms with Crippen molar-refractivity contribution in [3.8, 4) is 0 Å². The van der Waals surface area contributed by atoms with Crippen LogP contribution in [0, 0.1) is 0 Å². The molecule has 0 radical (unpaired) electrons. The number of rotatable bonds is 1. The highest BCUT2D eigenvalue weighted by Crippen LogP contribution is 2.02. The lowest BCUT2D eigenvalue weighted by Crippen LogP contribution is -2.48. The minimum absolute atomic E-state index is 0.0417. The number of hydrogen-bond donors (Lipinski definition) is 1. The number of nitrogens with zero attached hydrogens (tertiary/aromatic N) is 1. The van der Waals surface area contributed by atoms with E-state index in [0.717, 1.165) is 26.0 Å². The second-order valence-corrected chi connectivity index (χ2v) is 4.71. The fraction of sp³-hybridized carbons (Fsp3) is 0.909. The number of hydrogen-bond acceptors (Lipinski definition) is 3. The van der Waals surface area contributed by atoms with E-state index in [2.05, 4.69) is 5.32 Å². The summed E-state index contributed by atoms with van der Waals surface area (Å²) in [4.78, 5) is 12.1. The number of amides is 1. The molecule has 1 fully saturated rings. The van der Waals surface area contributed by atoms with Gasteiger partial charge in [0.05, 0.1) is 5.60 Å². The molecule has 0 aromatic rings. The molecule has 0 saturated carbocycles. The second-order valence-electron chi connectivity index (χ2n) is 4.71. The summed E-state index contributed by atoms with van der Waals surface area (Å²) in [5.74, 6) is 0. The van der Waals surface area contributed by atoms with E-state index in [4.69, 9.17) is 4.74 Å². The van der Waals surface area contributed by atoms with Gasteiger partial charge in [0.25, 0.3) is 0 Å².